The summed E-state index contributed by atoms with van der Waals surface area (Å²) in [5.41, 5.74) is 0.540. The number of nitrogens with zero attached hydrogens (tertiary/aromatic N) is 1. The first-order chi connectivity index (χ1) is 14.7. The average molecular weight is 428 g/mol. The summed E-state index contributed by atoms with van der Waals surface area (Å²) in [5.74, 6) is 0.0963. The quantitative estimate of drug-likeness (QED) is 0.612. The number of ether oxygens (including phenoxy) is 2. The molecule has 0 atom stereocenters. The minimum Gasteiger partial charge on any atom is -0.476 e. The largest absolute Gasteiger partial charge is 0.476 e. The van der Waals surface area contributed by atoms with Crippen LogP contribution < -0.4 is 4.74 Å². The summed E-state index contributed by atoms with van der Waals surface area (Å²) in [6.07, 6.45) is 1.45. The zero-order valence-electron chi connectivity index (χ0n) is 18.6. The first-order valence-corrected chi connectivity index (χ1v) is 10.7. The number of hydrogen-bond acceptors (Lipinski definition) is 4. The average Bonchev–Trinajstić information content (AvgIpc) is 2.73. The van der Waals surface area contributed by atoms with Gasteiger partial charge < -0.3 is 14.4 Å². The summed E-state index contributed by atoms with van der Waals surface area (Å²) in [4.78, 5) is 26.8. The predicted molar refractivity (Wildman–Crippen MR) is 117 cm³/mol. The van der Waals surface area contributed by atoms with E-state index in [0.29, 0.717) is 30.3 Å². The van der Waals surface area contributed by atoms with Crippen LogP contribution in [0.5, 0.6) is 5.75 Å². The SMILES string of the molecule is CC(C)OC(=O)C(C)(C)Oc1cccc(C2CCN(C(=O)c3ccc(F)cc3)CC2)c1. The van der Waals surface area contributed by atoms with Gasteiger partial charge in [-0.1, -0.05) is 12.1 Å². The molecule has 2 aromatic carbocycles. The molecule has 1 aliphatic rings. The lowest BCUT2D eigenvalue weighted by Crippen LogP contribution is -2.41. The van der Waals surface area contributed by atoms with Crippen LogP contribution in [-0.4, -0.2) is 41.6 Å². The molecule has 31 heavy (non-hydrogen) atoms. The van der Waals surface area contributed by atoms with E-state index in [2.05, 4.69) is 6.07 Å². The summed E-state index contributed by atoms with van der Waals surface area (Å²) >= 11 is 0. The number of piperidine rings is 1. The molecule has 5 nitrogen and oxygen atoms in total. The van der Waals surface area contributed by atoms with Crippen molar-refractivity contribution in [3.63, 3.8) is 0 Å². The van der Waals surface area contributed by atoms with E-state index in [1.807, 2.05) is 36.9 Å². The number of amides is 1. The van der Waals surface area contributed by atoms with E-state index < -0.39 is 11.6 Å². The van der Waals surface area contributed by atoms with E-state index in [9.17, 15) is 14.0 Å². The van der Waals surface area contributed by atoms with Gasteiger partial charge >= 0.3 is 5.97 Å². The molecular formula is C25H30FNO4. The van der Waals surface area contributed by atoms with Gasteiger partial charge in [-0.15, -0.1) is 0 Å². The molecule has 1 saturated heterocycles. The number of benzene rings is 2. The molecule has 166 valence electrons. The van der Waals surface area contributed by atoms with Crippen LogP contribution in [0.2, 0.25) is 0 Å². The molecule has 0 spiro atoms. The Morgan fingerprint density at radius 3 is 2.32 bits per heavy atom. The molecule has 0 aromatic heterocycles. The number of esters is 1. The third kappa shape index (κ3) is 5.84. The topological polar surface area (TPSA) is 55.8 Å². The van der Waals surface area contributed by atoms with Crippen LogP contribution >= 0.6 is 0 Å². The van der Waals surface area contributed by atoms with Crippen molar-refractivity contribution in [2.75, 3.05) is 13.1 Å². The number of carbonyl (C=O) groups excluding carboxylic acids is 2. The maximum absolute atomic E-state index is 13.1. The first-order valence-electron chi connectivity index (χ1n) is 10.7. The van der Waals surface area contributed by atoms with Gasteiger partial charge in [-0.05, 0) is 88.4 Å². The van der Waals surface area contributed by atoms with Crippen LogP contribution in [0.3, 0.4) is 0 Å². The molecule has 0 radical (unpaired) electrons. The van der Waals surface area contributed by atoms with Crippen LogP contribution in [0.4, 0.5) is 4.39 Å². The number of hydrogen-bond donors (Lipinski definition) is 0. The Kier molecular flexibility index (Phi) is 6.98. The van der Waals surface area contributed by atoms with Crippen molar-refractivity contribution in [3.8, 4) is 5.75 Å². The predicted octanol–water partition coefficient (Wildman–Crippen LogP) is 4.95. The zero-order valence-corrected chi connectivity index (χ0v) is 18.6. The maximum Gasteiger partial charge on any atom is 0.350 e. The second-order valence-corrected chi connectivity index (χ2v) is 8.71. The van der Waals surface area contributed by atoms with Gasteiger partial charge in [0.15, 0.2) is 5.60 Å². The standard InChI is InChI=1S/C25H30FNO4/c1-17(2)30-24(29)25(3,4)31-22-7-5-6-20(16-22)18-12-14-27(15-13-18)23(28)19-8-10-21(26)11-9-19/h5-11,16-18H,12-15H2,1-4H3. The molecule has 0 saturated carbocycles. The molecule has 0 N–H and O–H groups in total. The lowest BCUT2D eigenvalue weighted by atomic mass is 9.89. The highest BCUT2D eigenvalue weighted by Crippen LogP contribution is 2.31. The fraction of sp³-hybridized carbons (Fsp3) is 0.440. The molecule has 3 rings (SSSR count). The van der Waals surface area contributed by atoms with Crippen LogP contribution in [0, 0.1) is 5.82 Å². The highest BCUT2D eigenvalue weighted by molar-refractivity contribution is 5.94. The monoisotopic (exact) mass is 427 g/mol. The smallest absolute Gasteiger partial charge is 0.350 e. The maximum atomic E-state index is 13.1. The Morgan fingerprint density at radius 2 is 1.71 bits per heavy atom. The van der Waals surface area contributed by atoms with Crippen LogP contribution in [0.1, 0.15) is 62.4 Å². The van der Waals surface area contributed by atoms with Crippen LogP contribution in [0.15, 0.2) is 48.5 Å². The second-order valence-electron chi connectivity index (χ2n) is 8.71. The second kappa shape index (κ2) is 9.50. The molecule has 0 unspecified atom stereocenters. The van der Waals surface area contributed by atoms with Gasteiger partial charge in [0.05, 0.1) is 6.10 Å². The van der Waals surface area contributed by atoms with Crippen molar-refractivity contribution in [3.05, 3.63) is 65.5 Å². The van der Waals surface area contributed by atoms with Gasteiger partial charge in [0.1, 0.15) is 11.6 Å². The normalized spacial score (nSPS) is 15.1. The fourth-order valence-electron chi connectivity index (χ4n) is 3.72. The molecule has 1 aliphatic heterocycles. The van der Waals surface area contributed by atoms with Crippen molar-refractivity contribution in [2.24, 2.45) is 0 Å². The highest BCUT2D eigenvalue weighted by Gasteiger charge is 2.33. The van der Waals surface area contributed by atoms with Crippen molar-refractivity contribution in [1.29, 1.82) is 0 Å². The lowest BCUT2D eigenvalue weighted by molar-refractivity contribution is -0.163. The molecule has 0 bridgehead atoms. The van der Waals surface area contributed by atoms with Gasteiger partial charge in [-0.2, -0.15) is 0 Å². The fourth-order valence-corrected chi connectivity index (χ4v) is 3.72. The van der Waals surface area contributed by atoms with Crippen molar-refractivity contribution < 1.29 is 23.5 Å². The molecule has 0 aliphatic carbocycles. The third-order valence-corrected chi connectivity index (χ3v) is 5.41. The first kappa shape index (κ1) is 22.8. The summed E-state index contributed by atoms with van der Waals surface area (Å²) in [5, 5.41) is 0. The van der Waals surface area contributed by atoms with E-state index in [-0.39, 0.29) is 17.8 Å². The van der Waals surface area contributed by atoms with Gasteiger partial charge in [0.25, 0.3) is 5.91 Å². The molecule has 2 aromatic rings. The number of likely N-dealkylation sites (tertiary alicyclic amines) is 1. The van der Waals surface area contributed by atoms with Gasteiger partial charge in [0, 0.05) is 18.7 Å². The Bertz CT molecular complexity index is 915. The third-order valence-electron chi connectivity index (χ3n) is 5.41. The van der Waals surface area contributed by atoms with Crippen molar-refractivity contribution >= 4 is 11.9 Å². The highest BCUT2D eigenvalue weighted by atomic mass is 19.1. The summed E-state index contributed by atoms with van der Waals surface area (Å²) in [6.45, 7) is 8.29. The van der Waals surface area contributed by atoms with E-state index in [4.69, 9.17) is 9.47 Å². The molecular weight excluding hydrogens is 397 g/mol. The Hall–Kier alpha value is -2.89. The Balaban J connectivity index is 1.61. The number of rotatable bonds is 6. The zero-order chi connectivity index (χ0) is 22.6. The number of halogens is 1. The van der Waals surface area contributed by atoms with Gasteiger partial charge in [-0.25, -0.2) is 9.18 Å². The summed E-state index contributed by atoms with van der Waals surface area (Å²) in [6, 6.07) is 13.4. The summed E-state index contributed by atoms with van der Waals surface area (Å²) in [7, 11) is 0. The molecule has 1 heterocycles. The number of carbonyl (C=O) groups is 2. The van der Waals surface area contributed by atoms with E-state index in [1.165, 1.54) is 24.3 Å². The molecule has 1 fully saturated rings. The molecule has 1 amide bonds. The van der Waals surface area contributed by atoms with E-state index >= 15 is 0 Å². The Labute approximate surface area is 183 Å². The minimum absolute atomic E-state index is 0.0686. The lowest BCUT2D eigenvalue weighted by Gasteiger charge is -2.32. The van der Waals surface area contributed by atoms with Gasteiger partial charge in [0.2, 0.25) is 0 Å². The van der Waals surface area contributed by atoms with Crippen LogP contribution in [-0.2, 0) is 9.53 Å². The van der Waals surface area contributed by atoms with Crippen molar-refractivity contribution in [1.82, 2.24) is 4.90 Å². The van der Waals surface area contributed by atoms with E-state index in [0.717, 1.165) is 18.4 Å². The molecule has 6 heteroatoms. The van der Waals surface area contributed by atoms with E-state index in [1.54, 1.807) is 13.8 Å². The summed E-state index contributed by atoms with van der Waals surface area (Å²) < 4.78 is 24.3. The minimum atomic E-state index is -1.09. The van der Waals surface area contributed by atoms with Crippen LogP contribution in [0.25, 0.3) is 0 Å². The Morgan fingerprint density at radius 1 is 1.06 bits per heavy atom. The van der Waals surface area contributed by atoms with Crippen molar-refractivity contribution in [2.45, 2.75) is 58.2 Å². The van der Waals surface area contributed by atoms with Gasteiger partial charge in [-0.3, -0.25) is 4.79 Å².